The Morgan fingerprint density at radius 3 is 2.77 bits per heavy atom. The molecule has 2 aromatic rings. The lowest BCUT2D eigenvalue weighted by molar-refractivity contribution is -0.148. The van der Waals surface area contributed by atoms with E-state index in [1.54, 1.807) is 18.3 Å². The van der Waals surface area contributed by atoms with E-state index in [0.29, 0.717) is 18.6 Å². The summed E-state index contributed by atoms with van der Waals surface area (Å²) in [5.74, 6) is -1.12. The van der Waals surface area contributed by atoms with E-state index in [9.17, 15) is 18.3 Å². The summed E-state index contributed by atoms with van der Waals surface area (Å²) in [5, 5.41) is 10.6. The molecule has 0 unspecified atom stereocenters. The molecule has 4 rings (SSSR count). The molecule has 138 valence electrons. The van der Waals surface area contributed by atoms with Crippen molar-refractivity contribution in [2.75, 3.05) is 33.2 Å². The number of aromatic nitrogens is 1. The molecule has 0 amide bonds. The van der Waals surface area contributed by atoms with E-state index in [1.807, 2.05) is 31.0 Å². The number of nitrogens with zero attached hydrogens (tertiary/aromatic N) is 3. The molecule has 2 atom stereocenters. The van der Waals surface area contributed by atoms with Crippen LogP contribution in [0.25, 0.3) is 10.9 Å². The van der Waals surface area contributed by atoms with Crippen LogP contribution in [0.2, 0.25) is 0 Å². The van der Waals surface area contributed by atoms with Crippen molar-refractivity contribution in [2.45, 2.75) is 11.8 Å². The fourth-order valence-corrected chi connectivity index (χ4v) is 6.20. The number of pyridine rings is 1. The highest BCUT2D eigenvalue weighted by molar-refractivity contribution is 7.89. The van der Waals surface area contributed by atoms with Crippen molar-refractivity contribution in [3.63, 3.8) is 0 Å². The van der Waals surface area contributed by atoms with E-state index in [2.05, 4.69) is 4.98 Å². The summed E-state index contributed by atoms with van der Waals surface area (Å²) in [7, 11) is -1.96. The van der Waals surface area contributed by atoms with Crippen molar-refractivity contribution in [3.05, 3.63) is 36.0 Å². The molecule has 7 nitrogen and oxygen atoms in total. The Morgan fingerprint density at radius 1 is 1.31 bits per heavy atom. The van der Waals surface area contributed by atoms with Gasteiger partial charge < -0.3 is 10.0 Å². The minimum atomic E-state index is -3.83. The Hall–Kier alpha value is -2.03. The Bertz CT molecular complexity index is 1010. The molecule has 3 heterocycles. The number of sulfonamides is 1. The minimum Gasteiger partial charge on any atom is -0.481 e. The fraction of sp³-hybridized carbons (Fsp3) is 0.444. The van der Waals surface area contributed by atoms with Gasteiger partial charge in [-0.1, -0.05) is 6.07 Å². The molecule has 1 aromatic carbocycles. The number of carboxylic acid groups (broad SMARTS) is 1. The molecule has 0 radical (unpaired) electrons. The monoisotopic (exact) mass is 375 g/mol. The highest BCUT2D eigenvalue weighted by atomic mass is 32.2. The molecule has 2 aliphatic heterocycles. The third-order valence-corrected chi connectivity index (χ3v) is 7.43. The van der Waals surface area contributed by atoms with Crippen LogP contribution in [0.15, 0.2) is 35.4 Å². The van der Waals surface area contributed by atoms with Gasteiger partial charge in [-0.15, -0.1) is 0 Å². The van der Waals surface area contributed by atoms with Crippen LogP contribution in [0.1, 0.15) is 5.56 Å². The highest BCUT2D eigenvalue weighted by Gasteiger charge is 2.59. The molecule has 8 heteroatoms. The molecular formula is C18H21N3O4S. The van der Waals surface area contributed by atoms with Gasteiger partial charge in [-0.3, -0.25) is 9.78 Å². The number of carbonyl (C=O) groups is 1. The van der Waals surface area contributed by atoms with Crippen molar-refractivity contribution < 1.29 is 18.3 Å². The quantitative estimate of drug-likeness (QED) is 0.866. The van der Waals surface area contributed by atoms with Gasteiger partial charge in [0.15, 0.2) is 0 Å². The number of aryl methyl sites for hydroxylation is 1. The average molecular weight is 375 g/mol. The summed E-state index contributed by atoms with van der Waals surface area (Å²) in [4.78, 5) is 18.4. The van der Waals surface area contributed by atoms with Crippen LogP contribution in [0.4, 0.5) is 0 Å². The number of likely N-dealkylation sites (tertiary alicyclic amines) is 1. The predicted molar refractivity (Wildman–Crippen MR) is 96.3 cm³/mol. The van der Waals surface area contributed by atoms with Crippen molar-refractivity contribution in [1.82, 2.24) is 14.2 Å². The summed E-state index contributed by atoms with van der Waals surface area (Å²) in [6, 6.07) is 7.13. The SMILES string of the molecule is Cc1cc(S(=O)(=O)N2C[C@@H]3CN(C)C[C@]3(C(=O)O)C2)c2ncccc2c1. The van der Waals surface area contributed by atoms with Gasteiger partial charge in [0.2, 0.25) is 10.0 Å². The molecular weight excluding hydrogens is 354 g/mol. The Kier molecular flexibility index (Phi) is 3.83. The van der Waals surface area contributed by atoms with Crippen LogP contribution in [0.3, 0.4) is 0 Å². The van der Waals surface area contributed by atoms with Gasteiger partial charge in [0.25, 0.3) is 0 Å². The number of benzene rings is 1. The van der Waals surface area contributed by atoms with E-state index in [4.69, 9.17) is 0 Å². The zero-order valence-corrected chi connectivity index (χ0v) is 15.5. The van der Waals surface area contributed by atoms with Crippen LogP contribution in [-0.4, -0.2) is 66.9 Å². The van der Waals surface area contributed by atoms with Gasteiger partial charge in [0.1, 0.15) is 4.90 Å². The first kappa shape index (κ1) is 17.4. The second-order valence-corrected chi connectivity index (χ2v) is 9.40. The molecule has 1 N–H and O–H groups in total. The van der Waals surface area contributed by atoms with E-state index >= 15 is 0 Å². The number of hydrogen-bond acceptors (Lipinski definition) is 5. The van der Waals surface area contributed by atoms with E-state index in [1.165, 1.54) is 4.31 Å². The minimum absolute atomic E-state index is 0.00193. The summed E-state index contributed by atoms with van der Waals surface area (Å²) in [6.45, 7) is 3.03. The lowest BCUT2D eigenvalue weighted by atomic mass is 9.81. The van der Waals surface area contributed by atoms with Crippen molar-refractivity contribution in [3.8, 4) is 0 Å². The maximum atomic E-state index is 13.4. The van der Waals surface area contributed by atoms with Gasteiger partial charge in [-0.2, -0.15) is 4.31 Å². The van der Waals surface area contributed by atoms with Crippen molar-refractivity contribution in [1.29, 1.82) is 0 Å². The fourth-order valence-electron chi connectivity index (χ4n) is 4.39. The first-order chi connectivity index (χ1) is 12.2. The molecule has 2 fully saturated rings. The van der Waals surface area contributed by atoms with E-state index in [-0.39, 0.29) is 23.9 Å². The molecule has 0 bridgehead atoms. The standard InChI is InChI=1S/C18H21N3O4S/c1-12-6-13-4-3-5-19-16(13)15(7-12)26(24,25)21-9-14-8-20(2)10-18(14,11-21)17(22)23/h3-7,14H,8-11H2,1-2H3,(H,22,23)/t14-,18-/m0/s1. The first-order valence-electron chi connectivity index (χ1n) is 8.51. The topological polar surface area (TPSA) is 90.8 Å². The normalized spacial score (nSPS) is 27.1. The average Bonchev–Trinajstić information content (AvgIpc) is 3.08. The van der Waals surface area contributed by atoms with E-state index in [0.717, 1.165) is 10.9 Å². The summed E-state index contributed by atoms with van der Waals surface area (Å²) >= 11 is 0. The Labute approximate surface area is 152 Å². The van der Waals surface area contributed by atoms with Crippen LogP contribution in [0.5, 0.6) is 0 Å². The lowest BCUT2D eigenvalue weighted by Gasteiger charge is -2.24. The van der Waals surface area contributed by atoms with Gasteiger partial charge in [-0.25, -0.2) is 8.42 Å². The van der Waals surface area contributed by atoms with Gasteiger partial charge in [0, 0.05) is 43.7 Å². The summed E-state index contributed by atoms with van der Waals surface area (Å²) < 4.78 is 28.1. The second-order valence-electron chi connectivity index (χ2n) is 7.49. The molecule has 1 aromatic heterocycles. The Balaban J connectivity index is 1.79. The maximum absolute atomic E-state index is 13.4. The molecule has 2 saturated heterocycles. The van der Waals surface area contributed by atoms with Gasteiger partial charge in [0.05, 0.1) is 10.9 Å². The molecule has 26 heavy (non-hydrogen) atoms. The third-order valence-electron chi connectivity index (χ3n) is 5.61. The van der Waals surface area contributed by atoms with Gasteiger partial charge >= 0.3 is 5.97 Å². The zero-order chi connectivity index (χ0) is 18.7. The first-order valence-corrected chi connectivity index (χ1v) is 9.95. The van der Waals surface area contributed by atoms with Crippen LogP contribution < -0.4 is 0 Å². The van der Waals surface area contributed by atoms with Crippen molar-refractivity contribution >= 4 is 26.9 Å². The molecule has 0 saturated carbocycles. The van der Waals surface area contributed by atoms with Gasteiger partial charge in [-0.05, 0) is 37.7 Å². The zero-order valence-electron chi connectivity index (χ0n) is 14.7. The number of hydrogen-bond donors (Lipinski definition) is 1. The molecule has 0 spiro atoms. The van der Waals surface area contributed by atoms with Crippen LogP contribution in [0, 0.1) is 18.3 Å². The molecule has 2 aliphatic rings. The summed E-state index contributed by atoms with van der Waals surface area (Å²) in [6.07, 6.45) is 1.57. The lowest BCUT2D eigenvalue weighted by Crippen LogP contribution is -2.41. The van der Waals surface area contributed by atoms with Crippen molar-refractivity contribution in [2.24, 2.45) is 11.3 Å². The number of carboxylic acids is 1. The smallest absolute Gasteiger partial charge is 0.312 e. The predicted octanol–water partition coefficient (Wildman–Crippen LogP) is 1.18. The maximum Gasteiger partial charge on any atom is 0.312 e. The number of fused-ring (bicyclic) bond motifs is 2. The second kappa shape index (κ2) is 5.73. The van der Waals surface area contributed by atoms with Crippen LogP contribution >= 0.6 is 0 Å². The largest absolute Gasteiger partial charge is 0.481 e. The van der Waals surface area contributed by atoms with Crippen LogP contribution in [-0.2, 0) is 14.8 Å². The summed E-state index contributed by atoms with van der Waals surface area (Å²) in [5.41, 5.74) is 0.224. The highest BCUT2D eigenvalue weighted by Crippen LogP contribution is 2.44. The van der Waals surface area contributed by atoms with E-state index < -0.39 is 21.4 Å². The number of aliphatic carboxylic acids is 1. The Morgan fingerprint density at radius 2 is 2.08 bits per heavy atom. The number of rotatable bonds is 3. The third kappa shape index (κ3) is 2.44. The molecule has 0 aliphatic carbocycles.